The van der Waals surface area contributed by atoms with Crippen molar-refractivity contribution in [3.63, 3.8) is 0 Å². The Labute approximate surface area is 309 Å². The van der Waals surface area contributed by atoms with Crippen LogP contribution < -0.4 is 0 Å². The van der Waals surface area contributed by atoms with Crippen LogP contribution in [0, 0.1) is 0 Å². The van der Waals surface area contributed by atoms with Crippen molar-refractivity contribution in [2.75, 3.05) is 0 Å². The molecule has 2 aromatic heterocycles. The quantitative estimate of drug-likeness (QED) is 0.182. The van der Waals surface area contributed by atoms with Gasteiger partial charge in [0, 0.05) is 33.7 Å². The van der Waals surface area contributed by atoms with E-state index in [4.69, 9.17) is 9.97 Å². The van der Waals surface area contributed by atoms with Crippen LogP contribution in [0.4, 0.5) is 0 Å². The molecule has 250 valence electrons. The molecule has 1 aliphatic carbocycles. The van der Waals surface area contributed by atoms with Crippen LogP contribution in [0.5, 0.6) is 0 Å². The third-order valence-electron chi connectivity index (χ3n) is 10.9. The van der Waals surface area contributed by atoms with E-state index in [2.05, 4.69) is 164 Å². The van der Waals surface area contributed by atoms with E-state index in [9.17, 15) is 0 Å². The van der Waals surface area contributed by atoms with Crippen LogP contribution in [0.3, 0.4) is 0 Å². The highest BCUT2D eigenvalue weighted by molar-refractivity contribution is 6.00. The summed E-state index contributed by atoms with van der Waals surface area (Å²) >= 11 is 0. The summed E-state index contributed by atoms with van der Waals surface area (Å²) in [4.78, 5) is 15.0. The lowest BCUT2D eigenvalue weighted by Crippen LogP contribution is -2.14. The lowest BCUT2D eigenvalue weighted by Gasteiger charge is -2.22. The molecule has 0 atom stereocenters. The Bertz CT molecular complexity index is 2870. The van der Waals surface area contributed by atoms with Gasteiger partial charge in [-0.1, -0.05) is 141 Å². The van der Waals surface area contributed by atoms with E-state index in [0.29, 0.717) is 5.82 Å². The molecular formula is C50H35N3. The molecular weight excluding hydrogens is 643 g/mol. The maximum atomic E-state index is 5.29. The van der Waals surface area contributed by atoms with Gasteiger partial charge in [0.25, 0.3) is 0 Å². The molecule has 0 saturated carbocycles. The van der Waals surface area contributed by atoms with Gasteiger partial charge in [0.2, 0.25) is 0 Å². The second kappa shape index (κ2) is 12.2. The van der Waals surface area contributed by atoms with Gasteiger partial charge in [-0.3, -0.25) is 4.98 Å². The maximum absolute atomic E-state index is 5.29. The highest BCUT2D eigenvalue weighted by atomic mass is 14.9. The summed E-state index contributed by atoms with van der Waals surface area (Å²) in [5.74, 6) is 0.700. The molecule has 0 spiro atoms. The van der Waals surface area contributed by atoms with E-state index in [-0.39, 0.29) is 5.41 Å². The molecule has 0 bridgehead atoms. The largest absolute Gasteiger partial charge is 0.256 e. The molecule has 0 saturated heterocycles. The molecule has 7 aromatic carbocycles. The van der Waals surface area contributed by atoms with E-state index in [1.807, 2.05) is 30.5 Å². The molecule has 10 rings (SSSR count). The number of aromatic nitrogens is 3. The third kappa shape index (κ3) is 5.24. The molecule has 0 aliphatic heterocycles. The number of nitrogens with zero attached hydrogens (tertiary/aromatic N) is 3. The maximum Gasteiger partial charge on any atom is 0.160 e. The Hall–Kier alpha value is -6.71. The van der Waals surface area contributed by atoms with Crippen LogP contribution in [0.15, 0.2) is 176 Å². The van der Waals surface area contributed by atoms with E-state index in [1.165, 1.54) is 38.6 Å². The topological polar surface area (TPSA) is 38.7 Å². The van der Waals surface area contributed by atoms with Gasteiger partial charge in [0.1, 0.15) is 0 Å². The van der Waals surface area contributed by atoms with Crippen molar-refractivity contribution < 1.29 is 0 Å². The minimum Gasteiger partial charge on any atom is -0.256 e. The van der Waals surface area contributed by atoms with Crippen LogP contribution >= 0.6 is 0 Å². The lowest BCUT2D eigenvalue weighted by atomic mass is 9.81. The first-order chi connectivity index (χ1) is 26.0. The molecule has 0 fully saturated rings. The predicted molar refractivity (Wildman–Crippen MR) is 220 cm³/mol. The summed E-state index contributed by atoms with van der Waals surface area (Å²) in [6.45, 7) is 4.71. The van der Waals surface area contributed by atoms with E-state index in [1.54, 1.807) is 0 Å². The Morgan fingerprint density at radius 3 is 1.92 bits per heavy atom. The SMILES string of the molecule is CC1(C)c2cc3ccccc3cc2-c2c(-c3ccccc3-c3cc(-c4cccc(-c5ccc6ncccc6c5)c4)nc(-c4ccccc4)n3)cccc21. The summed E-state index contributed by atoms with van der Waals surface area (Å²) in [6.07, 6.45) is 1.84. The van der Waals surface area contributed by atoms with Crippen LogP contribution in [-0.4, -0.2) is 15.0 Å². The number of fused-ring (bicyclic) bond motifs is 5. The molecule has 1 aliphatic rings. The van der Waals surface area contributed by atoms with Gasteiger partial charge in [-0.15, -0.1) is 0 Å². The Morgan fingerprint density at radius 2 is 1.06 bits per heavy atom. The molecule has 0 amide bonds. The molecule has 0 radical (unpaired) electrons. The molecule has 9 aromatic rings. The first-order valence-corrected chi connectivity index (χ1v) is 18.2. The van der Waals surface area contributed by atoms with Crippen LogP contribution in [-0.2, 0) is 5.41 Å². The minimum absolute atomic E-state index is 0.130. The van der Waals surface area contributed by atoms with Crippen LogP contribution in [0.25, 0.3) is 89.0 Å². The smallest absolute Gasteiger partial charge is 0.160 e. The fraction of sp³-hybridized carbons (Fsp3) is 0.0600. The van der Waals surface area contributed by atoms with Gasteiger partial charge >= 0.3 is 0 Å². The summed E-state index contributed by atoms with van der Waals surface area (Å²) in [6, 6.07) is 60.6. The molecule has 2 heterocycles. The number of benzene rings is 7. The minimum atomic E-state index is -0.130. The monoisotopic (exact) mass is 677 g/mol. The molecule has 3 nitrogen and oxygen atoms in total. The summed E-state index contributed by atoms with van der Waals surface area (Å²) in [5.41, 5.74) is 15.7. The summed E-state index contributed by atoms with van der Waals surface area (Å²) < 4.78 is 0. The van der Waals surface area contributed by atoms with Crippen molar-refractivity contribution >= 4 is 21.7 Å². The third-order valence-corrected chi connectivity index (χ3v) is 10.9. The van der Waals surface area contributed by atoms with Crippen LogP contribution in [0.2, 0.25) is 0 Å². The number of hydrogen-bond acceptors (Lipinski definition) is 3. The number of rotatable bonds is 5. The number of pyridine rings is 1. The fourth-order valence-electron chi connectivity index (χ4n) is 8.20. The second-order valence-electron chi connectivity index (χ2n) is 14.5. The Morgan fingerprint density at radius 1 is 0.396 bits per heavy atom. The Balaban J connectivity index is 1.16. The van der Waals surface area contributed by atoms with E-state index in [0.717, 1.165) is 55.7 Å². The standard InChI is InChI=1S/C50H35N3/c1-50(2)43-23-11-22-41(48(43)42-29-34-15-6-7-16-35(34)30-44(42)50)39-20-8-9-21-40(39)47-31-46(52-49(53-47)32-13-4-3-5-14-32)38-18-10-17-33(27-38)36-24-25-45-37(28-36)19-12-26-51-45/h3-31H,1-2H3. The first kappa shape index (κ1) is 31.1. The van der Waals surface area contributed by atoms with Crippen molar-refractivity contribution in [1.29, 1.82) is 0 Å². The van der Waals surface area contributed by atoms with Gasteiger partial charge in [0.15, 0.2) is 5.82 Å². The average Bonchev–Trinajstić information content (AvgIpc) is 3.45. The van der Waals surface area contributed by atoms with Crippen molar-refractivity contribution in [1.82, 2.24) is 15.0 Å². The van der Waals surface area contributed by atoms with Crippen molar-refractivity contribution in [3.8, 4) is 67.3 Å². The fourth-order valence-corrected chi connectivity index (χ4v) is 8.20. The molecule has 0 unspecified atom stereocenters. The molecule has 53 heavy (non-hydrogen) atoms. The van der Waals surface area contributed by atoms with Gasteiger partial charge in [-0.05, 0) is 97.7 Å². The van der Waals surface area contributed by atoms with Crippen molar-refractivity contribution in [2.24, 2.45) is 0 Å². The van der Waals surface area contributed by atoms with Gasteiger partial charge in [-0.2, -0.15) is 0 Å². The van der Waals surface area contributed by atoms with Crippen LogP contribution in [0.1, 0.15) is 25.0 Å². The predicted octanol–water partition coefficient (Wildman–Crippen LogP) is 12.8. The van der Waals surface area contributed by atoms with Crippen molar-refractivity contribution in [2.45, 2.75) is 19.3 Å². The van der Waals surface area contributed by atoms with Gasteiger partial charge < -0.3 is 0 Å². The zero-order valence-corrected chi connectivity index (χ0v) is 29.6. The zero-order chi connectivity index (χ0) is 35.5. The van der Waals surface area contributed by atoms with Gasteiger partial charge in [-0.25, -0.2) is 9.97 Å². The van der Waals surface area contributed by atoms with E-state index >= 15 is 0 Å². The second-order valence-corrected chi connectivity index (χ2v) is 14.5. The normalized spacial score (nSPS) is 12.9. The zero-order valence-electron chi connectivity index (χ0n) is 29.6. The highest BCUT2D eigenvalue weighted by Gasteiger charge is 2.37. The summed E-state index contributed by atoms with van der Waals surface area (Å²) in [7, 11) is 0. The lowest BCUT2D eigenvalue weighted by molar-refractivity contribution is 0.661. The van der Waals surface area contributed by atoms with E-state index < -0.39 is 0 Å². The first-order valence-electron chi connectivity index (χ1n) is 18.2. The molecule has 0 N–H and O–H groups in total. The highest BCUT2D eigenvalue weighted by Crippen LogP contribution is 2.54. The van der Waals surface area contributed by atoms with Crippen molar-refractivity contribution in [3.05, 3.63) is 187 Å². The van der Waals surface area contributed by atoms with Gasteiger partial charge in [0.05, 0.1) is 16.9 Å². The Kier molecular flexibility index (Phi) is 7.16. The average molecular weight is 678 g/mol. The number of hydrogen-bond donors (Lipinski definition) is 0. The molecule has 3 heteroatoms. The summed E-state index contributed by atoms with van der Waals surface area (Å²) in [5, 5.41) is 3.65.